The molecule has 1 N–H and O–H groups in total. The lowest BCUT2D eigenvalue weighted by Gasteiger charge is -2.21. The summed E-state index contributed by atoms with van der Waals surface area (Å²) < 4.78 is 5.76. The molecule has 0 bridgehead atoms. The van der Waals surface area contributed by atoms with E-state index in [1.165, 1.54) is 0 Å². The highest BCUT2D eigenvalue weighted by atomic mass is 35.5. The number of aromatic nitrogens is 1. The van der Waals surface area contributed by atoms with Crippen molar-refractivity contribution in [2.45, 2.75) is 33.2 Å². The van der Waals surface area contributed by atoms with Crippen molar-refractivity contribution in [2.24, 2.45) is 0 Å². The molecular weight excluding hydrogens is 272 g/mol. The van der Waals surface area contributed by atoms with Crippen LogP contribution in [0.1, 0.15) is 26.3 Å². The number of anilines is 1. The van der Waals surface area contributed by atoms with E-state index in [9.17, 15) is 0 Å². The molecule has 106 valence electrons. The van der Waals surface area contributed by atoms with Crippen LogP contribution in [-0.2, 0) is 0 Å². The molecular formula is C16H19ClN2O. The molecule has 0 unspecified atom stereocenters. The monoisotopic (exact) mass is 290 g/mol. The largest absolute Gasteiger partial charge is 0.437 e. The Labute approximate surface area is 124 Å². The summed E-state index contributed by atoms with van der Waals surface area (Å²) in [5.74, 6) is 1.91. The van der Waals surface area contributed by atoms with Crippen LogP contribution in [0.25, 0.3) is 0 Å². The van der Waals surface area contributed by atoms with E-state index in [1.807, 2.05) is 43.3 Å². The summed E-state index contributed by atoms with van der Waals surface area (Å²) in [6.07, 6.45) is 0. The number of rotatable bonds is 3. The van der Waals surface area contributed by atoms with Gasteiger partial charge in [-0.15, -0.1) is 0 Å². The molecule has 0 saturated carbocycles. The molecule has 1 aromatic heterocycles. The van der Waals surface area contributed by atoms with Crippen molar-refractivity contribution in [3.8, 4) is 11.6 Å². The maximum Gasteiger partial charge on any atom is 0.221 e. The molecule has 0 fully saturated rings. The summed E-state index contributed by atoms with van der Waals surface area (Å²) >= 11 is 6.12. The first-order valence-electron chi connectivity index (χ1n) is 6.53. The summed E-state index contributed by atoms with van der Waals surface area (Å²) in [7, 11) is 0. The van der Waals surface area contributed by atoms with Crippen molar-refractivity contribution >= 4 is 17.4 Å². The molecule has 0 radical (unpaired) electrons. The quantitative estimate of drug-likeness (QED) is 0.859. The lowest BCUT2D eigenvalue weighted by Crippen LogP contribution is -2.26. The Morgan fingerprint density at radius 1 is 1.15 bits per heavy atom. The normalized spacial score (nSPS) is 11.2. The third-order valence-corrected chi connectivity index (χ3v) is 2.84. The van der Waals surface area contributed by atoms with Crippen molar-refractivity contribution in [1.82, 2.24) is 4.98 Å². The molecule has 0 atom stereocenters. The van der Waals surface area contributed by atoms with E-state index in [1.54, 1.807) is 0 Å². The zero-order chi connectivity index (χ0) is 14.8. The predicted octanol–water partition coefficient (Wildman–Crippen LogP) is 5.05. The maximum atomic E-state index is 6.12. The molecule has 0 aliphatic rings. The molecule has 2 aromatic rings. The summed E-state index contributed by atoms with van der Waals surface area (Å²) in [5, 5.41) is 3.88. The Hall–Kier alpha value is -1.74. The van der Waals surface area contributed by atoms with Gasteiger partial charge in [-0.3, -0.25) is 0 Å². The van der Waals surface area contributed by atoms with Crippen LogP contribution >= 0.6 is 11.6 Å². The molecule has 0 saturated heterocycles. The smallest absolute Gasteiger partial charge is 0.221 e. The van der Waals surface area contributed by atoms with Gasteiger partial charge in [-0.25, -0.2) is 0 Å². The second-order valence-corrected chi connectivity index (χ2v) is 6.18. The first-order valence-corrected chi connectivity index (χ1v) is 6.90. The van der Waals surface area contributed by atoms with Crippen LogP contribution in [0.4, 0.5) is 5.82 Å². The van der Waals surface area contributed by atoms with Gasteiger partial charge >= 0.3 is 0 Å². The number of aryl methyl sites for hydroxylation is 1. The topological polar surface area (TPSA) is 34.1 Å². The molecule has 2 rings (SSSR count). The van der Waals surface area contributed by atoms with Gasteiger partial charge in [-0.1, -0.05) is 23.7 Å². The lowest BCUT2D eigenvalue weighted by molar-refractivity contribution is 0.463. The minimum atomic E-state index is -0.0490. The average Bonchev–Trinajstić information content (AvgIpc) is 2.32. The first kappa shape index (κ1) is 14.7. The molecule has 0 aliphatic carbocycles. The summed E-state index contributed by atoms with van der Waals surface area (Å²) in [6, 6.07) is 11.3. The van der Waals surface area contributed by atoms with Crippen molar-refractivity contribution in [2.75, 3.05) is 5.32 Å². The van der Waals surface area contributed by atoms with E-state index in [2.05, 4.69) is 31.1 Å². The fraction of sp³-hybridized carbons (Fsp3) is 0.312. The molecule has 3 nitrogen and oxygen atoms in total. The van der Waals surface area contributed by atoms with Gasteiger partial charge in [0.15, 0.2) is 0 Å². The summed E-state index contributed by atoms with van der Waals surface area (Å²) in [4.78, 5) is 4.43. The van der Waals surface area contributed by atoms with Gasteiger partial charge in [0, 0.05) is 11.6 Å². The van der Waals surface area contributed by atoms with E-state index >= 15 is 0 Å². The highest BCUT2D eigenvalue weighted by molar-refractivity contribution is 6.32. The van der Waals surface area contributed by atoms with E-state index in [4.69, 9.17) is 16.3 Å². The molecule has 0 aliphatic heterocycles. The third-order valence-electron chi connectivity index (χ3n) is 2.53. The minimum Gasteiger partial charge on any atom is -0.437 e. The Balaban J connectivity index is 2.21. The standard InChI is InChI=1S/C16H19ClN2O/c1-11-8-9-12(17)13(10-11)20-15-7-5-6-14(18-15)19-16(2,3)4/h5-10H,1-4H3,(H,18,19). The van der Waals surface area contributed by atoms with Gasteiger partial charge in [0.2, 0.25) is 5.88 Å². The maximum absolute atomic E-state index is 6.12. The second kappa shape index (κ2) is 5.71. The molecule has 1 aromatic carbocycles. The molecule has 1 heterocycles. The molecule has 0 spiro atoms. The van der Waals surface area contributed by atoms with Crippen LogP contribution in [0.15, 0.2) is 36.4 Å². The first-order chi connectivity index (χ1) is 9.33. The van der Waals surface area contributed by atoms with Crippen molar-refractivity contribution < 1.29 is 4.74 Å². The van der Waals surface area contributed by atoms with Gasteiger partial charge in [-0.2, -0.15) is 4.98 Å². The number of pyridine rings is 1. The van der Waals surface area contributed by atoms with Gasteiger partial charge in [-0.05, 0) is 51.5 Å². The van der Waals surface area contributed by atoms with Gasteiger partial charge < -0.3 is 10.1 Å². The van der Waals surface area contributed by atoms with Gasteiger partial charge in [0.25, 0.3) is 0 Å². The number of nitrogens with zero attached hydrogens (tertiary/aromatic N) is 1. The number of benzene rings is 1. The fourth-order valence-electron chi connectivity index (χ4n) is 1.73. The van der Waals surface area contributed by atoms with Gasteiger partial charge in [0.05, 0.1) is 5.02 Å². The number of nitrogens with one attached hydrogen (secondary N) is 1. The zero-order valence-corrected chi connectivity index (χ0v) is 13.0. The SMILES string of the molecule is Cc1ccc(Cl)c(Oc2cccc(NC(C)(C)C)n2)c1. The summed E-state index contributed by atoms with van der Waals surface area (Å²) in [6.45, 7) is 8.24. The highest BCUT2D eigenvalue weighted by Crippen LogP contribution is 2.29. The number of ether oxygens (including phenoxy) is 1. The Morgan fingerprint density at radius 3 is 2.60 bits per heavy atom. The predicted molar refractivity (Wildman–Crippen MR) is 83.9 cm³/mol. The Morgan fingerprint density at radius 2 is 1.90 bits per heavy atom. The van der Waals surface area contributed by atoms with Crippen LogP contribution in [0.3, 0.4) is 0 Å². The Bertz CT molecular complexity index is 606. The minimum absolute atomic E-state index is 0.0490. The van der Waals surface area contributed by atoms with Crippen LogP contribution in [0.5, 0.6) is 11.6 Å². The van der Waals surface area contributed by atoms with Crippen LogP contribution in [0.2, 0.25) is 5.02 Å². The number of halogens is 1. The molecule has 4 heteroatoms. The van der Waals surface area contributed by atoms with E-state index in [0.717, 1.165) is 11.4 Å². The average molecular weight is 291 g/mol. The number of hydrogen-bond acceptors (Lipinski definition) is 3. The molecule has 20 heavy (non-hydrogen) atoms. The fourth-order valence-corrected chi connectivity index (χ4v) is 1.88. The van der Waals surface area contributed by atoms with E-state index in [-0.39, 0.29) is 5.54 Å². The lowest BCUT2D eigenvalue weighted by atomic mass is 10.1. The van der Waals surface area contributed by atoms with Crippen LogP contribution < -0.4 is 10.1 Å². The van der Waals surface area contributed by atoms with E-state index in [0.29, 0.717) is 16.7 Å². The van der Waals surface area contributed by atoms with Crippen molar-refractivity contribution in [3.05, 3.63) is 47.0 Å². The van der Waals surface area contributed by atoms with Crippen molar-refractivity contribution in [1.29, 1.82) is 0 Å². The number of hydrogen-bond donors (Lipinski definition) is 1. The van der Waals surface area contributed by atoms with Crippen molar-refractivity contribution in [3.63, 3.8) is 0 Å². The summed E-state index contributed by atoms with van der Waals surface area (Å²) in [5.41, 5.74) is 1.04. The second-order valence-electron chi connectivity index (χ2n) is 5.77. The van der Waals surface area contributed by atoms with Crippen LogP contribution in [-0.4, -0.2) is 10.5 Å². The third kappa shape index (κ3) is 4.14. The highest BCUT2D eigenvalue weighted by Gasteiger charge is 2.11. The van der Waals surface area contributed by atoms with Gasteiger partial charge in [0.1, 0.15) is 11.6 Å². The zero-order valence-electron chi connectivity index (χ0n) is 12.2. The molecule has 0 amide bonds. The van der Waals surface area contributed by atoms with E-state index < -0.39 is 0 Å². The Kier molecular flexibility index (Phi) is 4.19. The van der Waals surface area contributed by atoms with Crippen LogP contribution in [0, 0.1) is 6.92 Å².